The Bertz CT molecular complexity index is 628. The lowest BCUT2D eigenvalue weighted by Gasteiger charge is -2.32. The van der Waals surface area contributed by atoms with Gasteiger partial charge in [-0.3, -0.25) is 4.79 Å². The highest BCUT2D eigenvalue weighted by atomic mass is 16.2. The Labute approximate surface area is 117 Å². The minimum atomic E-state index is -0.116. The fourth-order valence-corrected chi connectivity index (χ4v) is 2.55. The summed E-state index contributed by atoms with van der Waals surface area (Å²) in [5, 5.41) is 7.29. The van der Waals surface area contributed by atoms with Crippen molar-refractivity contribution >= 4 is 11.6 Å². The Morgan fingerprint density at radius 2 is 2.10 bits per heavy atom. The summed E-state index contributed by atoms with van der Waals surface area (Å²) >= 11 is 0. The van der Waals surface area contributed by atoms with Crippen LogP contribution in [-0.4, -0.2) is 21.7 Å². The van der Waals surface area contributed by atoms with E-state index in [0.29, 0.717) is 23.3 Å². The molecule has 0 spiro atoms. The van der Waals surface area contributed by atoms with Crippen LogP contribution in [0.3, 0.4) is 0 Å². The van der Waals surface area contributed by atoms with Gasteiger partial charge in [-0.25, -0.2) is 4.68 Å². The second-order valence-corrected chi connectivity index (χ2v) is 5.45. The van der Waals surface area contributed by atoms with Crippen molar-refractivity contribution in [2.24, 2.45) is 5.92 Å². The fourth-order valence-electron chi connectivity index (χ4n) is 2.55. The molecule has 104 valence electrons. The first-order valence-corrected chi connectivity index (χ1v) is 6.85. The quantitative estimate of drug-likeness (QED) is 0.838. The molecule has 3 rings (SSSR count). The van der Waals surface area contributed by atoms with Gasteiger partial charge in [-0.15, -0.1) is 0 Å². The van der Waals surface area contributed by atoms with Crippen LogP contribution < -0.4 is 11.1 Å². The van der Waals surface area contributed by atoms with E-state index in [-0.39, 0.29) is 5.91 Å². The van der Waals surface area contributed by atoms with Crippen molar-refractivity contribution in [2.45, 2.75) is 25.8 Å². The number of nitrogens with two attached hydrogens (primary N) is 1. The third-order valence-corrected chi connectivity index (χ3v) is 3.71. The number of nitrogens with zero attached hydrogens (tertiary/aromatic N) is 2. The van der Waals surface area contributed by atoms with Crippen LogP contribution in [0.2, 0.25) is 0 Å². The van der Waals surface area contributed by atoms with Crippen LogP contribution in [-0.2, 0) is 0 Å². The van der Waals surface area contributed by atoms with Gasteiger partial charge in [0.15, 0.2) is 5.69 Å². The lowest BCUT2D eigenvalue weighted by molar-refractivity contribution is 0.0890. The molecule has 1 saturated carbocycles. The number of hydrogen-bond donors (Lipinski definition) is 2. The van der Waals surface area contributed by atoms with Crippen molar-refractivity contribution in [1.29, 1.82) is 0 Å². The topological polar surface area (TPSA) is 72.9 Å². The van der Waals surface area contributed by atoms with E-state index in [1.807, 2.05) is 24.3 Å². The SMILES string of the molecule is CC1CC(NC(=O)c2ccn(-c3ccccc3N)n2)C1. The number of hydrogen-bond acceptors (Lipinski definition) is 3. The lowest BCUT2D eigenvalue weighted by atomic mass is 9.82. The second-order valence-electron chi connectivity index (χ2n) is 5.45. The summed E-state index contributed by atoms with van der Waals surface area (Å²) in [6.45, 7) is 2.19. The molecule has 1 aliphatic rings. The van der Waals surface area contributed by atoms with Gasteiger partial charge in [0.2, 0.25) is 0 Å². The predicted molar refractivity (Wildman–Crippen MR) is 77.6 cm³/mol. The van der Waals surface area contributed by atoms with Crippen molar-refractivity contribution in [2.75, 3.05) is 5.73 Å². The standard InChI is InChI=1S/C15H18N4O/c1-10-8-11(9-10)17-15(20)13-6-7-19(18-13)14-5-3-2-4-12(14)16/h2-7,10-11H,8-9,16H2,1H3,(H,17,20). The highest BCUT2D eigenvalue weighted by molar-refractivity contribution is 5.92. The molecule has 0 atom stereocenters. The van der Waals surface area contributed by atoms with Crippen molar-refractivity contribution < 1.29 is 4.79 Å². The zero-order valence-electron chi connectivity index (χ0n) is 11.4. The van der Waals surface area contributed by atoms with Gasteiger partial charge in [-0.1, -0.05) is 19.1 Å². The zero-order chi connectivity index (χ0) is 14.1. The maximum absolute atomic E-state index is 12.1. The van der Waals surface area contributed by atoms with E-state index in [2.05, 4.69) is 17.3 Å². The molecular weight excluding hydrogens is 252 g/mol. The molecule has 1 fully saturated rings. The molecule has 0 radical (unpaired) electrons. The molecule has 2 aromatic rings. The van der Waals surface area contributed by atoms with E-state index >= 15 is 0 Å². The molecule has 0 aliphatic heterocycles. The predicted octanol–water partition coefficient (Wildman–Crippen LogP) is 1.98. The molecule has 0 bridgehead atoms. The molecule has 0 saturated heterocycles. The van der Waals surface area contributed by atoms with E-state index < -0.39 is 0 Å². The van der Waals surface area contributed by atoms with Crippen LogP contribution in [0.1, 0.15) is 30.3 Å². The average molecular weight is 270 g/mol. The van der Waals surface area contributed by atoms with Gasteiger partial charge in [0, 0.05) is 12.2 Å². The monoisotopic (exact) mass is 270 g/mol. The van der Waals surface area contributed by atoms with Gasteiger partial charge < -0.3 is 11.1 Å². The number of benzene rings is 1. The van der Waals surface area contributed by atoms with Crippen LogP contribution >= 0.6 is 0 Å². The number of rotatable bonds is 3. The van der Waals surface area contributed by atoms with Crippen molar-refractivity contribution in [3.05, 3.63) is 42.2 Å². The highest BCUT2D eigenvalue weighted by Crippen LogP contribution is 2.26. The summed E-state index contributed by atoms with van der Waals surface area (Å²) in [5.41, 5.74) is 7.74. The number of amides is 1. The number of carbonyl (C=O) groups excluding carboxylic acids is 1. The summed E-state index contributed by atoms with van der Waals surface area (Å²) in [6.07, 6.45) is 3.86. The van der Waals surface area contributed by atoms with Gasteiger partial charge in [-0.05, 0) is 37.0 Å². The first-order chi connectivity index (χ1) is 9.63. The summed E-state index contributed by atoms with van der Waals surface area (Å²) in [6, 6.07) is 9.45. The molecule has 0 unspecified atom stereocenters. The van der Waals surface area contributed by atoms with Gasteiger partial charge in [-0.2, -0.15) is 5.10 Å². The molecule has 3 N–H and O–H groups in total. The zero-order valence-corrected chi connectivity index (χ0v) is 11.4. The molecule has 1 heterocycles. The molecular formula is C15H18N4O. The van der Waals surface area contributed by atoms with Crippen molar-refractivity contribution in [3.63, 3.8) is 0 Å². The van der Waals surface area contributed by atoms with Gasteiger partial charge in [0.1, 0.15) is 0 Å². The number of nitrogens with one attached hydrogen (secondary N) is 1. The normalized spacial score (nSPS) is 21.2. The molecule has 1 aliphatic carbocycles. The first-order valence-electron chi connectivity index (χ1n) is 6.85. The number of aromatic nitrogens is 2. The molecule has 20 heavy (non-hydrogen) atoms. The highest BCUT2D eigenvalue weighted by Gasteiger charge is 2.27. The van der Waals surface area contributed by atoms with Crippen LogP contribution in [0.25, 0.3) is 5.69 Å². The molecule has 1 amide bonds. The number of nitrogen functional groups attached to an aromatic ring is 1. The summed E-state index contributed by atoms with van der Waals surface area (Å²) in [4.78, 5) is 12.1. The van der Waals surface area contributed by atoms with E-state index in [0.717, 1.165) is 18.5 Å². The first kappa shape index (κ1) is 12.7. The largest absolute Gasteiger partial charge is 0.397 e. The van der Waals surface area contributed by atoms with E-state index in [4.69, 9.17) is 5.73 Å². The smallest absolute Gasteiger partial charge is 0.272 e. The van der Waals surface area contributed by atoms with Gasteiger partial charge in [0.05, 0.1) is 11.4 Å². The van der Waals surface area contributed by atoms with Crippen LogP contribution in [0.15, 0.2) is 36.5 Å². The Kier molecular flexibility index (Phi) is 3.18. The van der Waals surface area contributed by atoms with Crippen LogP contribution in [0.5, 0.6) is 0 Å². The molecule has 1 aromatic heterocycles. The van der Waals surface area contributed by atoms with Crippen molar-refractivity contribution in [3.8, 4) is 5.69 Å². The Morgan fingerprint density at radius 1 is 1.35 bits per heavy atom. The van der Waals surface area contributed by atoms with E-state index in [1.165, 1.54) is 0 Å². The minimum absolute atomic E-state index is 0.116. The van der Waals surface area contributed by atoms with Gasteiger partial charge in [0.25, 0.3) is 5.91 Å². The average Bonchev–Trinajstić information content (AvgIpc) is 2.87. The van der Waals surface area contributed by atoms with E-state index in [1.54, 1.807) is 16.9 Å². The van der Waals surface area contributed by atoms with E-state index in [9.17, 15) is 4.79 Å². The summed E-state index contributed by atoms with van der Waals surface area (Å²) in [7, 11) is 0. The molecule has 5 heteroatoms. The number of para-hydroxylation sites is 2. The van der Waals surface area contributed by atoms with Gasteiger partial charge >= 0.3 is 0 Å². The third kappa shape index (κ3) is 2.39. The second kappa shape index (κ2) is 5.00. The summed E-state index contributed by atoms with van der Waals surface area (Å²) < 4.78 is 1.63. The van der Waals surface area contributed by atoms with Crippen molar-refractivity contribution in [1.82, 2.24) is 15.1 Å². The minimum Gasteiger partial charge on any atom is -0.397 e. The summed E-state index contributed by atoms with van der Waals surface area (Å²) in [5.74, 6) is 0.595. The lowest BCUT2D eigenvalue weighted by Crippen LogP contribution is -2.43. The molecule has 5 nitrogen and oxygen atoms in total. The van der Waals surface area contributed by atoms with Crippen LogP contribution in [0, 0.1) is 5.92 Å². The Morgan fingerprint density at radius 3 is 2.80 bits per heavy atom. The maximum Gasteiger partial charge on any atom is 0.272 e. The number of carbonyl (C=O) groups is 1. The Balaban J connectivity index is 1.73. The molecule has 1 aromatic carbocycles. The number of anilines is 1. The maximum atomic E-state index is 12.1. The van der Waals surface area contributed by atoms with Crippen LogP contribution in [0.4, 0.5) is 5.69 Å². The Hall–Kier alpha value is -2.30. The third-order valence-electron chi connectivity index (χ3n) is 3.71. The fraction of sp³-hybridized carbons (Fsp3) is 0.333.